The predicted octanol–water partition coefficient (Wildman–Crippen LogP) is 4.35. The molecule has 0 saturated carbocycles. The van der Waals surface area contributed by atoms with Crippen LogP contribution in [-0.2, 0) is 4.74 Å². The Bertz CT molecular complexity index is 909. The number of alkyl carbamates (subject to hydrolysis) is 1. The number of piperidine rings is 1. The Balaban J connectivity index is 1.67. The summed E-state index contributed by atoms with van der Waals surface area (Å²) < 4.78 is 6.31. The molecule has 0 aliphatic carbocycles. The molecule has 0 bridgehead atoms. The summed E-state index contributed by atoms with van der Waals surface area (Å²) in [5.74, 6) is 0.420. The molecule has 1 N–H and O–H groups in total. The van der Waals surface area contributed by atoms with Crippen molar-refractivity contribution in [3.63, 3.8) is 0 Å². The number of carbonyl (C=O) groups is 2. The van der Waals surface area contributed by atoms with Gasteiger partial charge in [-0.25, -0.2) is 14.8 Å². The lowest BCUT2D eigenvalue weighted by atomic mass is 9.91. The minimum absolute atomic E-state index is 0.121. The molecule has 0 unspecified atom stereocenters. The third-order valence-electron chi connectivity index (χ3n) is 4.79. The van der Waals surface area contributed by atoms with E-state index >= 15 is 0 Å². The molecule has 30 heavy (non-hydrogen) atoms. The number of hydrogen-bond acceptors (Lipinski definition) is 6. The summed E-state index contributed by atoms with van der Waals surface area (Å²) in [6, 6.07) is 7.18. The van der Waals surface area contributed by atoms with E-state index in [0.29, 0.717) is 23.6 Å². The van der Waals surface area contributed by atoms with Gasteiger partial charge in [0, 0.05) is 35.5 Å². The van der Waals surface area contributed by atoms with Gasteiger partial charge < -0.3 is 15.0 Å². The zero-order valence-electron chi connectivity index (χ0n) is 17.7. The van der Waals surface area contributed by atoms with Crippen LogP contribution >= 0.6 is 15.9 Å². The normalized spacial score (nSPS) is 19.3. The molecular weight excluding hydrogens is 448 g/mol. The fourth-order valence-corrected chi connectivity index (χ4v) is 3.70. The lowest BCUT2D eigenvalue weighted by Gasteiger charge is -2.41. The molecule has 7 nitrogen and oxygen atoms in total. The summed E-state index contributed by atoms with van der Waals surface area (Å²) in [5.41, 5.74) is 0.0275. The maximum absolute atomic E-state index is 12.6. The molecule has 1 fully saturated rings. The van der Waals surface area contributed by atoms with Crippen molar-refractivity contribution in [3.05, 3.63) is 52.3 Å². The summed E-state index contributed by atoms with van der Waals surface area (Å²) >= 11 is 3.37. The van der Waals surface area contributed by atoms with Crippen LogP contribution in [0.2, 0.25) is 0 Å². The van der Waals surface area contributed by atoms with E-state index in [9.17, 15) is 9.59 Å². The van der Waals surface area contributed by atoms with E-state index in [0.717, 1.165) is 23.9 Å². The van der Waals surface area contributed by atoms with Gasteiger partial charge in [0.15, 0.2) is 5.78 Å². The number of rotatable bonds is 4. The van der Waals surface area contributed by atoms with Gasteiger partial charge in [-0.3, -0.25) is 4.79 Å². The largest absolute Gasteiger partial charge is 0.444 e. The van der Waals surface area contributed by atoms with E-state index in [-0.39, 0.29) is 5.78 Å². The molecule has 1 aromatic heterocycles. The number of ketones is 1. The van der Waals surface area contributed by atoms with Gasteiger partial charge in [0.1, 0.15) is 5.60 Å². The van der Waals surface area contributed by atoms with E-state index in [2.05, 4.69) is 31.2 Å². The Morgan fingerprint density at radius 2 is 1.77 bits per heavy atom. The molecule has 1 aliphatic rings. The molecule has 160 valence electrons. The third kappa shape index (κ3) is 5.78. The Labute approximate surface area is 185 Å². The van der Waals surface area contributed by atoms with Gasteiger partial charge in [-0.05, 0) is 64.8 Å². The standard InChI is InChI=1S/C22H27BrN4O3/c1-21(2,3)30-20(29)26-22(4)10-5-11-27(14-22)19-24-12-16(13-25-19)18(28)15-6-8-17(23)9-7-15/h6-9,12-13H,5,10-11,14H2,1-4H3,(H,26,29)/t22-/m1/s1. The molecule has 1 saturated heterocycles. The van der Waals surface area contributed by atoms with Crippen molar-refractivity contribution in [1.82, 2.24) is 15.3 Å². The molecule has 1 aliphatic heterocycles. The molecule has 0 radical (unpaired) electrons. The van der Waals surface area contributed by atoms with Crippen molar-refractivity contribution in [2.75, 3.05) is 18.0 Å². The first-order valence-electron chi connectivity index (χ1n) is 9.93. The van der Waals surface area contributed by atoms with Crippen LogP contribution in [0.3, 0.4) is 0 Å². The van der Waals surface area contributed by atoms with Crippen LogP contribution in [0.25, 0.3) is 0 Å². The highest BCUT2D eigenvalue weighted by atomic mass is 79.9. The van der Waals surface area contributed by atoms with E-state index in [1.165, 1.54) is 0 Å². The highest BCUT2D eigenvalue weighted by Crippen LogP contribution is 2.24. The average Bonchev–Trinajstić information content (AvgIpc) is 2.66. The Morgan fingerprint density at radius 1 is 1.13 bits per heavy atom. The second kappa shape index (κ2) is 8.71. The molecule has 8 heteroatoms. The van der Waals surface area contributed by atoms with Gasteiger partial charge in [0.2, 0.25) is 5.95 Å². The fourth-order valence-electron chi connectivity index (χ4n) is 3.43. The Morgan fingerprint density at radius 3 is 2.37 bits per heavy atom. The summed E-state index contributed by atoms with van der Waals surface area (Å²) in [7, 11) is 0. The number of nitrogens with one attached hydrogen (secondary N) is 1. The van der Waals surface area contributed by atoms with Gasteiger partial charge >= 0.3 is 6.09 Å². The van der Waals surface area contributed by atoms with Crippen LogP contribution in [0.15, 0.2) is 41.1 Å². The van der Waals surface area contributed by atoms with Crippen LogP contribution in [0.5, 0.6) is 0 Å². The van der Waals surface area contributed by atoms with E-state index in [4.69, 9.17) is 4.74 Å². The third-order valence-corrected chi connectivity index (χ3v) is 5.32. The Hall–Kier alpha value is -2.48. The molecular formula is C22H27BrN4O3. The van der Waals surface area contributed by atoms with Crippen molar-refractivity contribution in [3.8, 4) is 0 Å². The molecule has 0 spiro atoms. The molecule has 1 atom stereocenters. The van der Waals surface area contributed by atoms with Crippen LogP contribution in [0.1, 0.15) is 56.5 Å². The second-order valence-corrected chi connectivity index (χ2v) is 9.74. The van der Waals surface area contributed by atoms with Gasteiger partial charge in [0.05, 0.1) is 11.1 Å². The van der Waals surface area contributed by atoms with Crippen LogP contribution in [-0.4, -0.2) is 46.1 Å². The quantitative estimate of drug-likeness (QED) is 0.662. The first-order chi connectivity index (χ1) is 14.0. The fraction of sp³-hybridized carbons (Fsp3) is 0.455. The van der Waals surface area contributed by atoms with Crippen LogP contribution < -0.4 is 10.2 Å². The van der Waals surface area contributed by atoms with Gasteiger partial charge in [-0.2, -0.15) is 0 Å². The van der Waals surface area contributed by atoms with Crippen molar-refractivity contribution in [1.29, 1.82) is 0 Å². The lowest BCUT2D eigenvalue weighted by molar-refractivity contribution is 0.0454. The first-order valence-corrected chi connectivity index (χ1v) is 10.7. The van der Waals surface area contributed by atoms with E-state index < -0.39 is 17.2 Å². The number of anilines is 1. The Kier molecular flexibility index (Phi) is 6.45. The van der Waals surface area contributed by atoms with Crippen molar-refractivity contribution in [2.24, 2.45) is 0 Å². The average molecular weight is 475 g/mol. The highest BCUT2D eigenvalue weighted by molar-refractivity contribution is 9.10. The monoisotopic (exact) mass is 474 g/mol. The van der Waals surface area contributed by atoms with E-state index in [1.54, 1.807) is 24.5 Å². The second-order valence-electron chi connectivity index (χ2n) is 8.82. The summed E-state index contributed by atoms with van der Waals surface area (Å²) in [6.45, 7) is 8.86. The van der Waals surface area contributed by atoms with Crippen molar-refractivity contribution < 1.29 is 14.3 Å². The number of nitrogens with zero attached hydrogens (tertiary/aromatic N) is 3. The molecule has 1 amide bonds. The minimum atomic E-state index is -0.547. The zero-order valence-corrected chi connectivity index (χ0v) is 19.3. The number of carbonyl (C=O) groups excluding carboxylic acids is 2. The molecule has 3 rings (SSSR count). The molecule has 2 aromatic rings. The smallest absolute Gasteiger partial charge is 0.408 e. The number of benzene rings is 1. The number of hydrogen-bond donors (Lipinski definition) is 1. The number of halogens is 1. The summed E-state index contributed by atoms with van der Waals surface area (Å²) in [4.78, 5) is 35.7. The first kappa shape index (κ1) is 22.2. The van der Waals surface area contributed by atoms with Crippen LogP contribution in [0, 0.1) is 0 Å². The number of aromatic nitrogens is 2. The minimum Gasteiger partial charge on any atom is -0.444 e. The van der Waals surface area contributed by atoms with Crippen molar-refractivity contribution >= 4 is 33.8 Å². The summed E-state index contributed by atoms with van der Waals surface area (Å²) in [6.07, 6.45) is 4.40. The van der Waals surface area contributed by atoms with Gasteiger partial charge in [0.25, 0.3) is 0 Å². The zero-order chi connectivity index (χ0) is 21.9. The summed E-state index contributed by atoms with van der Waals surface area (Å²) in [5, 5.41) is 2.99. The van der Waals surface area contributed by atoms with Gasteiger partial charge in [-0.1, -0.05) is 15.9 Å². The number of ether oxygens (including phenoxy) is 1. The van der Waals surface area contributed by atoms with Gasteiger partial charge in [-0.15, -0.1) is 0 Å². The SMILES string of the molecule is CC(C)(C)OC(=O)N[C@]1(C)CCCN(c2ncc(C(=O)c3ccc(Br)cc3)cn2)C1. The highest BCUT2D eigenvalue weighted by Gasteiger charge is 2.35. The lowest BCUT2D eigenvalue weighted by Crippen LogP contribution is -2.57. The number of amides is 1. The molecule has 1 aromatic carbocycles. The maximum Gasteiger partial charge on any atom is 0.408 e. The topological polar surface area (TPSA) is 84.4 Å². The van der Waals surface area contributed by atoms with E-state index in [1.807, 2.05) is 44.7 Å². The van der Waals surface area contributed by atoms with Crippen molar-refractivity contribution in [2.45, 2.75) is 51.7 Å². The maximum atomic E-state index is 12.6. The molecule has 2 heterocycles. The predicted molar refractivity (Wildman–Crippen MR) is 119 cm³/mol. The van der Waals surface area contributed by atoms with Crippen LogP contribution in [0.4, 0.5) is 10.7 Å².